The van der Waals surface area contributed by atoms with Crippen molar-refractivity contribution in [3.05, 3.63) is 0 Å². The van der Waals surface area contributed by atoms with E-state index in [9.17, 15) is 0 Å². The third-order valence-electron chi connectivity index (χ3n) is 2.77. The van der Waals surface area contributed by atoms with Crippen LogP contribution in [0, 0.1) is 0 Å². The summed E-state index contributed by atoms with van der Waals surface area (Å²) in [5.74, 6) is 0. The molecule has 0 aromatic rings. The first kappa shape index (κ1) is 16.8. The molecule has 6 heteroatoms. The van der Waals surface area contributed by atoms with E-state index in [1.165, 1.54) is 0 Å². The van der Waals surface area contributed by atoms with Crippen molar-refractivity contribution in [2.45, 2.75) is 12.5 Å². The Morgan fingerprint density at radius 3 is 1.95 bits per heavy atom. The van der Waals surface area contributed by atoms with Crippen molar-refractivity contribution in [1.82, 2.24) is 5.32 Å². The van der Waals surface area contributed by atoms with Crippen molar-refractivity contribution >= 4 is 0 Å². The lowest BCUT2D eigenvalue weighted by Gasteiger charge is -2.10. The van der Waals surface area contributed by atoms with E-state index in [4.69, 9.17) is 23.7 Å². The first-order chi connectivity index (χ1) is 9.43. The molecule has 1 N–H and O–H groups in total. The molecular formula is C13H27NO5. The smallest absolute Gasteiger partial charge is 0.0712 e. The van der Waals surface area contributed by atoms with E-state index in [1.807, 2.05) is 0 Å². The monoisotopic (exact) mass is 277 g/mol. The summed E-state index contributed by atoms with van der Waals surface area (Å²) in [6, 6.07) is 0. The number of methoxy groups -OCH3 is 1. The molecule has 1 aliphatic heterocycles. The normalized spacial score (nSPS) is 19.1. The Labute approximate surface area is 115 Å². The van der Waals surface area contributed by atoms with Crippen LogP contribution < -0.4 is 5.32 Å². The van der Waals surface area contributed by atoms with Crippen molar-refractivity contribution in [3.8, 4) is 0 Å². The van der Waals surface area contributed by atoms with Crippen LogP contribution in [0.3, 0.4) is 0 Å². The van der Waals surface area contributed by atoms with Gasteiger partial charge in [-0.15, -0.1) is 0 Å². The van der Waals surface area contributed by atoms with Crippen LogP contribution in [0.1, 0.15) is 6.42 Å². The van der Waals surface area contributed by atoms with Gasteiger partial charge in [0.25, 0.3) is 0 Å². The fourth-order valence-corrected chi connectivity index (χ4v) is 1.73. The third kappa shape index (κ3) is 10.2. The first-order valence-electron chi connectivity index (χ1n) is 6.98. The summed E-state index contributed by atoms with van der Waals surface area (Å²) in [5.41, 5.74) is 0. The molecule has 0 bridgehead atoms. The standard InChI is InChI=1S/C13H27NO5/c1-15-4-5-16-6-7-17-8-9-18-10-11-19-13-2-3-14-12-13/h13-14H,2-12H2,1H3/t13-/m1/s1. The van der Waals surface area contributed by atoms with Crippen LogP contribution in [0.5, 0.6) is 0 Å². The van der Waals surface area contributed by atoms with Crippen molar-refractivity contribution in [2.75, 3.05) is 73.1 Å². The van der Waals surface area contributed by atoms with Crippen LogP contribution in [-0.2, 0) is 23.7 Å². The molecule has 0 unspecified atom stereocenters. The summed E-state index contributed by atoms with van der Waals surface area (Å²) in [6.07, 6.45) is 1.47. The molecule has 6 nitrogen and oxygen atoms in total. The molecule has 114 valence electrons. The predicted molar refractivity (Wildman–Crippen MR) is 71.6 cm³/mol. The largest absolute Gasteiger partial charge is 0.382 e. The Morgan fingerprint density at radius 1 is 0.842 bits per heavy atom. The van der Waals surface area contributed by atoms with Crippen LogP contribution in [0.15, 0.2) is 0 Å². The van der Waals surface area contributed by atoms with Crippen LogP contribution in [0.2, 0.25) is 0 Å². The van der Waals surface area contributed by atoms with Gasteiger partial charge in [0.2, 0.25) is 0 Å². The zero-order valence-corrected chi connectivity index (χ0v) is 11.9. The Bertz CT molecular complexity index is 188. The molecule has 1 saturated heterocycles. The lowest BCUT2D eigenvalue weighted by atomic mass is 10.3. The van der Waals surface area contributed by atoms with Gasteiger partial charge in [-0.05, 0) is 13.0 Å². The molecule has 19 heavy (non-hydrogen) atoms. The quantitative estimate of drug-likeness (QED) is 0.481. The number of rotatable bonds is 13. The second kappa shape index (κ2) is 12.8. The highest BCUT2D eigenvalue weighted by molar-refractivity contribution is 4.70. The summed E-state index contributed by atoms with van der Waals surface area (Å²) >= 11 is 0. The van der Waals surface area contributed by atoms with Gasteiger partial charge in [0.1, 0.15) is 0 Å². The van der Waals surface area contributed by atoms with Crippen LogP contribution >= 0.6 is 0 Å². The minimum atomic E-state index is 0.365. The van der Waals surface area contributed by atoms with Crippen LogP contribution in [-0.4, -0.2) is 79.2 Å². The summed E-state index contributed by atoms with van der Waals surface area (Å²) in [6.45, 7) is 6.94. The highest BCUT2D eigenvalue weighted by Crippen LogP contribution is 2.02. The van der Waals surface area contributed by atoms with E-state index < -0.39 is 0 Å². The molecule has 0 spiro atoms. The summed E-state index contributed by atoms with van der Waals surface area (Å²) < 4.78 is 26.5. The molecule has 1 fully saturated rings. The maximum atomic E-state index is 5.63. The molecule has 0 radical (unpaired) electrons. The average Bonchev–Trinajstić information content (AvgIpc) is 2.93. The second-order valence-electron chi connectivity index (χ2n) is 4.32. The Hall–Kier alpha value is -0.240. The molecule has 0 saturated carbocycles. The molecule has 1 aliphatic rings. The second-order valence-corrected chi connectivity index (χ2v) is 4.32. The van der Waals surface area contributed by atoms with Crippen molar-refractivity contribution in [3.63, 3.8) is 0 Å². The highest BCUT2D eigenvalue weighted by Gasteiger charge is 2.13. The molecule has 0 aromatic heterocycles. The molecule has 0 amide bonds. The fourth-order valence-electron chi connectivity index (χ4n) is 1.73. The van der Waals surface area contributed by atoms with Gasteiger partial charge in [-0.3, -0.25) is 0 Å². The average molecular weight is 277 g/mol. The minimum absolute atomic E-state index is 0.365. The maximum absolute atomic E-state index is 5.63. The van der Waals surface area contributed by atoms with Crippen LogP contribution in [0.25, 0.3) is 0 Å². The molecule has 1 rings (SSSR count). The number of hydrogen-bond acceptors (Lipinski definition) is 6. The first-order valence-corrected chi connectivity index (χ1v) is 6.98. The van der Waals surface area contributed by atoms with E-state index in [0.29, 0.717) is 59.0 Å². The van der Waals surface area contributed by atoms with Gasteiger partial charge in [-0.1, -0.05) is 0 Å². The van der Waals surface area contributed by atoms with Gasteiger partial charge < -0.3 is 29.0 Å². The minimum Gasteiger partial charge on any atom is -0.382 e. The highest BCUT2D eigenvalue weighted by atomic mass is 16.6. The topological polar surface area (TPSA) is 58.2 Å². The molecule has 0 aliphatic carbocycles. The number of nitrogens with one attached hydrogen (secondary N) is 1. The SMILES string of the molecule is COCCOCCOCCOCCO[C@@H]1CCNC1. The Balaban J connectivity index is 1.67. The maximum Gasteiger partial charge on any atom is 0.0712 e. The van der Waals surface area contributed by atoms with Gasteiger partial charge in [0.05, 0.1) is 59.0 Å². The lowest BCUT2D eigenvalue weighted by molar-refractivity contribution is -0.0178. The fraction of sp³-hybridized carbons (Fsp3) is 1.00. The predicted octanol–water partition coefficient (Wildman–Crippen LogP) is 0.0611. The zero-order chi connectivity index (χ0) is 13.6. The van der Waals surface area contributed by atoms with Gasteiger partial charge in [-0.25, -0.2) is 0 Å². The van der Waals surface area contributed by atoms with Crippen molar-refractivity contribution < 1.29 is 23.7 Å². The Kier molecular flexibility index (Phi) is 11.3. The van der Waals surface area contributed by atoms with Gasteiger partial charge in [-0.2, -0.15) is 0 Å². The van der Waals surface area contributed by atoms with E-state index >= 15 is 0 Å². The van der Waals surface area contributed by atoms with Gasteiger partial charge in [0.15, 0.2) is 0 Å². The zero-order valence-electron chi connectivity index (χ0n) is 11.9. The number of hydrogen-bond donors (Lipinski definition) is 1. The lowest BCUT2D eigenvalue weighted by Crippen LogP contribution is -2.19. The molecular weight excluding hydrogens is 250 g/mol. The summed E-state index contributed by atoms with van der Waals surface area (Å²) in [4.78, 5) is 0. The third-order valence-corrected chi connectivity index (χ3v) is 2.77. The molecule has 1 heterocycles. The summed E-state index contributed by atoms with van der Waals surface area (Å²) in [7, 11) is 1.66. The van der Waals surface area contributed by atoms with Gasteiger partial charge in [0, 0.05) is 13.7 Å². The molecule has 1 atom stereocenters. The van der Waals surface area contributed by atoms with Crippen molar-refractivity contribution in [1.29, 1.82) is 0 Å². The van der Waals surface area contributed by atoms with E-state index in [-0.39, 0.29) is 0 Å². The Morgan fingerprint density at radius 2 is 1.42 bits per heavy atom. The van der Waals surface area contributed by atoms with Crippen molar-refractivity contribution in [2.24, 2.45) is 0 Å². The van der Waals surface area contributed by atoms with Crippen LogP contribution in [0.4, 0.5) is 0 Å². The molecule has 0 aromatic carbocycles. The number of ether oxygens (including phenoxy) is 5. The summed E-state index contributed by atoms with van der Waals surface area (Å²) in [5, 5.41) is 3.26. The van der Waals surface area contributed by atoms with E-state index in [0.717, 1.165) is 19.5 Å². The van der Waals surface area contributed by atoms with Gasteiger partial charge >= 0.3 is 0 Å². The van der Waals surface area contributed by atoms with E-state index in [2.05, 4.69) is 5.32 Å². The van der Waals surface area contributed by atoms with E-state index in [1.54, 1.807) is 7.11 Å².